The van der Waals surface area contributed by atoms with Crippen LogP contribution < -0.4 is 10.1 Å². The Kier molecular flexibility index (Phi) is 7.73. The van der Waals surface area contributed by atoms with E-state index in [1.165, 1.54) is 28.7 Å². The van der Waals surface area contributed by atoms with Crippen LogP contribution in [0.15, 0.2) is 93.3 Å². The zero-order chi connectivity index (χ0) is 31.1. The van der Waals surface area contributed by atoms with E-state index in [0.717, 1.165) is 33.7 Å². The number of benzene rings is 4. The molecule has 12 nitrogen and oxygen atoms in total. The number of fused-ring (bicyclic) bond motifs is 3. The minimum Gasteiger partial charge on any atom is -0.510 e. The lowest BCUT2D eigenvalue weighted by atomic mass is 10.1. The van der Waals surface area contributed by atoms with Crippen LogP contribution in [0, 0.1) is 13.8 Å². The van der Waals surface area contributed by atoms with Gasteiger partial charge in [-0.2, -0.15) is 13.2 Å². The Bertz CT molecular complexity index is 2080. The van der Waals surface area contributed by atoms with Crippen molar-refractivity contribution in [1.29, 1.82) is 0 Å². The molecule has 43 heavy (non-hydrogen) atoms. The highest BCUT2D eigenvalue weighted by Crippen LogP contribution is 2.30. The Morgan fingerprint density at radius 2 is 1.77 bits per heavy atom. The number of aromatic nitrogens is 3. The monoisotopic (exact) mass is 595 g/mol. The van der Waals surface area contributed by atoms with Gasteiger partial charge in [-0.25, -0.2) is 0 Å². The van der Waals surface area contributed by atoms with Crippen molar-refractivity contribution >= 4 is 62.9 Å². The molecule has 1 amide bonds. The van der Waals surface area contributed by atoms with Crippen molar-refractivity contribution in [2.24, 2.45) is 10.2 Å². The van der Waals surface area contributed by atoms with Crippen LogP contribution in [0.4, 0.5) is 17.1 Å². The zero-order valence-corrected chi connectivity index (χ0v) is 24.5. The fourth-order valence-electron chi connectivity index (χ4n) is 4.46. The molecule has 0 saturated heterocycles. The number of anilines is 2. The Morgan fingerprint density at radius 1 is 1.02 bits per heavy atom. The second-order valence-corrected chi connectivity index (χ2v) is 11.4. The summed E-state index contributed by atoms with van der Waals surface area (Å²) in [6.45, 7) is 4.97. The Hall–Kier alpha value is -5.08. The number of azo groups is 1. The van der Waals surface area contributed by atoms with Gasteiger partial charge in [-0.1, -0.05) is 29.8 Å². The van der Waals surface area contributed by atoms with E-state index in [1.54, 1.807) is 19.2 Å². The molecule has 1 heterocycles. The van der Waals surface area contributed by atoms with E-state index in [-0.39, 0.29) is 11.4 Å². The first-order valence-corrected chi connectivity index (χ1v) is 14.4. The molecule has 4 aromatic carbocycles. The summed E-state index contributed by atoms with van der Waals surface area (Å²) in [6, 6.07) is 18.6. The van der Waals surface area contributed by atoms with E-state index in [9.17, 15) is 22.9 Å². The molecule has 0 aliphatic rings. The van der Waals surface area contributed by atoms with E-state index in [2.05, 4.69) is 25.7 Å². The summed E-state index contributed by atoms with van der Waals surface area (Å²) in [4.78, 5) is 15.0. The molecule has 216 valence electrons. The topological polar surface area (TPSA) is 162 Å². The Morgan fingerprint density at radius 3 is 2.44 bits per heavy atom. The van der Waals surface area contributed by atoms with Crippen LogP contribution in [0.1, 0.15) is 18.1 Å². The minimum atomic E-state index is -4.81. The quantitative estimate of drug-likeness (QED) is 0.0734. The molecule has 5 aromatic rings. The number of rotatable bonds is 7. The van der Waals surface area contributed by atoms with Gasteiger partial charge >= 0.3 is 0 Å². The van der Waals surface area contributed by atoms with Crippen LogP contribution in [-0.2, 0) is 14.9 Å². The number of aliphatic hydroxyl groups excluding tert-OH is 1. The summed E-state index contributed by atoms with van der Waals surface area (Å²) in [7, 11) is 2.80. The van der Waals surface area contributed by atoms with E-state index < -0.39 is 32.4 Å². The maximum absolute atomic E-state index is 12.9. The van der Waals surface area contributed by atoms with Crippen molar-refractivity contribution in [3.05, 3.63) is 89.3 Å². The summed E-state index contributed by atoms with van der Waals surface area (Å²) < 4.78 is 34.7. The van der Waals surface area contributed by atoms with Gasteiger partial charge in [0, 0.05) is 16.8 Å². The predicted molar refractivity (Wildman–Crippen MR) is 165 cm³/mol. The molecule has 0 spiro atoms. The number of nitrogens with zero attached hydrogens (tertiary/aromatic N) is 6. The van der Waals surface area contributed by atoms with E-state index in [0.29, 0.717) is 16.7 Å². The summed E-state index contributed by atoms with van der Waals surface area (Å²) >= 11 is 0. The van der Waals surface area contributed by atoms with Gasteiger partial charge in [0.15, 0.2) is 5.70 Å². The third kappa shape index (κ3) is 6.10. The third-order valence-electron chi connectivity index (χ3n) is 6.66. The Labute approximate surface area is 248 Å². The number of hydrogen-bond donors (Lipinski definition) is 3. The van der Waals surface area contributed by atoms with Crippen molar-refractivity contribution in [2.45, 2.75) is 25.7 Å². The first-order chi connectivity index (χ1) is 20.3. The maximum atomic E-state index is 12.9. The molecule has 14 heteroatoms. The highest BCUT2D eigenvalue weighted by molar-refractivity contribution is 7.86. The SMILES string of the molecule is [B]N(C)c1ccc2ccc3nn(-c4ccc(N=N/C(C(=O)Nc5ccc(C)cc5C)=C(\C)O)c(S(=O)(=O)O)c4)nc3c2c1. The molecule has 0 aliphatic carbocycles. The van der Waals surface area contributed by atoms with Crippen LogP contribution in [0.2, 0.25) is 0 Å². The van der Waals surface area contributed by atoms with E-state index >= 15 is 0 Å². The van der Waals surface area contributed by atoms with Crippen LogP contribution in [0.25, 0.3) is 27.5 Å². The van der Waals surface area contributed by atoms with E-state index in [4.69, 9.17) is 7.98 Å². The van der Waals surface area contributed by atoms with Crippen LogP contribution in [0.5, 0.6) is 0 Å². The standard InChI is InChI=1S/C29H26BN7O5S/c1-16-5-10-23(17(2)13-16)31-29(39)27(18(3)38)33-32-24-12-9-21(15-26(24)43(40,41)42)37-34-25-11-7-19-6-8-20(36(4)30)14-22(19)28(25)35-37/h5-15,38H,1-4H3,(H,31,39)(H,40,41,42)/b27-18+,33-32?. The minimum absolute atomic E-state index is 0.213. The van der Waals surface area contributed by atoms with Crippen molar-refractivity contribution in [3.8, 4) is 5.69 Å². The van der Waals surface area contributed by atoms with Crippen molar-refractivity contribution in [2.75, 3.05) is 17.2 Å². The molecule has 0 bridgehead atoms. The van der Waals surface area contributed by atoms with E-state index in [1.807, 2.05) is 50.2 Å². The normalized spacial score (nSPS) is 12.6. The highest BCUT2D eigenvalue weighted by Gasteiger charge is 2.20. The molecule has 3 N–H and O–H groups in total. The zero-order valence-electron chi connectivity index (χ0n) is 23.6. The number of nitrogens with one attached hydrogen (secondary N) is 1. The molecular formula is C29H26BN7O5S. The predicted octanol–water partition coefficient (Wildman–Crippen LogP) is 5.47. The summed E-state index contributed by atoms with van der Waals surface area (Å²) in [5, 5.41) is 31.2. The molecule has 0 atom stereocenters. The number of aliphatic hydroxyl groups is 1. The molecule has 0 saturated carbocycles. The fraction of sp³-hybridized carbons (Fsp3) is 0.138. The number of carbonyl (C=O) groups is 1. The van der Waals surface area contributed by atoms with Crippen LogP contribution in [0.3, 0.4) is 0 Å². The van der Waals surface area contributed by atoms with Gasteiger partial charge in [-0.05, 0) is 81.2 Å². The van der Waals surface area contributed by atoms with Gasteiger partial charge in [0.25, 0.3) is 16.0 Å². The number of amides is 1. The van der Waals surface area contributed by atoms with Gasteiger partial charge in [0.05, 0.1) is 5.69 Å². The smallest absolute Gasteiger partial charge is 0.296 e. The number of hydrogen-bond acceptors (Lipinski definition) is 9. The molecule has 5 rings (SSSR count). The largest absolute Gasteiger partial charge is 0.510 e. The van der Waals surface area contributed by atoms with Crippen LogP contribution >= 0.6 is 0 Å². The van der Waals surface area contributed by atoms with Crippen molar-refractivity contribution in [3.63, 3.8) is 0 Å². The van der Waals surface area contributed by atoms with Gasteiger partial charge in [0.2, 0.25) is 7.98 Å². The van der Waals surface area contributed by atoms with Gasteiger partial charge in [0.1, 0.15) is 27.4 Å². The lowest BCUT2D eigenvalue weighted by molar-refractivity contribution is -0.113. The molecule has 0 aliphatic heterocycles. The third-order valence-corrected chi connectivity index (χ3v) is 7.54. The van der Waals surface area contributed by atoms with Crippen molar-refractivity contribution in [1.82, 2.24) is 15.0 Å². The molecule has 0 fully saturated rings. The number of aryl methyl sites for hydroxylation is 2. The number of carbonyl (C=O) groups excluding carboxylic acids is 1. The second-order valence-electron chi connectivity index (χ2n) is 9.97. The Balaban J connectivity index is 1.51. The molecule has 2 radical (unpaired) electrons. The van der Waals surface area contributed by atoms with Crippen molar-refractivity contribution < 1.29 is 22.9 Å². The fourth-order valence-corrected chi connectivity index (χ4v) is 5.10. The highest BCUT2D eigenvalue weighted by atomic mass is 32.2. The molecule has 1 aromatic heterocycles. The molecular weight excluding hydrogens is 569 g/mol. The lowest BCUT2D eigenvalue weighted by Gasteiger charge is -2.13. The second kappa shape index (κ2) is 11.3. The van der Waals surface area contributed by atoms with Gasteiger partial charge < -0.3 is 15.2 Å². The summed E-state index contributed by atoms with van der Waals surface area (Å²) in [6.07, 6.45) is 0. The lowest BCUT2D eigenvalue weighted by Crippen LogP contribution is -2.15. The average Bonchev–Trinajstić information content (AvgIpc) is 3.39. The van der Waals surface area contributed by atoms with Crippen LogP contribution in [-0.4, -0.2) is 54.0 Å². The summed E-state index contributed by atoms with van der Waals surface area (Å²) in [5.41, 5.74) is 3.66. The number of allylic oxidation sites excluding steroid dienone is 1. The average molecular weight is 595 g/mol. The first-order valence-electron chi connectivity index (χ1n) is 12.9. The van der Waals surface area contributed by atoms with Gasteiger partial charge in [-0.15, -0.1) is 20.4 Å². The van der Waals surface area contributed by atoms with Gasteiger partial charge in [-0.3, -0.25) is 9.35 Å². The first kappa shape index (κ1) is 29.4. The molecule has 0 unspecified atom stereocenters. The summed E-state index contributed by atoms with van der Waals surface area (Å²) in [5.74, 6) is -1.20. The maximum Gasteiger partial charge on any atom is 0.296 e.